The van der Waals surface area contributed by atoms with Crippen LogP contribution in [0.3, 0.4) is 0 Å². The molecule has 2 heterocycles. The summed E-state index contributed by atoms with van der Waals surface area (Å²) in [6, 6.07) is 16.0. The first-order chi connectivity index (χ1) is 16.4. The number of nitrogens with zero attached hydrogens (tertiary/aromatic N) is 1. The van der Waals surface area contributed by atoms with Crippen LogP contribution < -0.4 is 4.74 Å². The number of carbonyl (C=O) groups is 1. The molecule has 4 nitrogen and oxygen atoms in total. The summed E-state index contributed by atoms with van der Waals surface area (Å²) in [7, 11) is 0. The maximum atomic E-state index is 14.3. The van der Waals surface area contributed by atoms with Crippen LogP contribution in [-0.4, -0.2) is 16.1 Å². The highest BCUT2D eigenvalue weighted by Crippen LogP contribution is 2.48. The van der Waals surface area contributed by atoms with Gasteiger partial charge in [0.05, 0.1) is 12.1 Å². The van der Waals surface area contributed by atoms with Crippen molar-refractivity contribution in [2.45, 2.75) is 58.0 Å². The van der Waals surface area contributed by atoms with E-state index in [2.05, 4.69) is 23.2 Å². The van der Waals surface area contributed by atoms with Gasteiger partial charge in [0, 0.05) is 11.3 Å². The summed E-state index contributed by atoms with van der Waals surface area (Å²) in [5.41, 5.74) is 5.45. The third kappa shape index (κ3) is 4.56. The molecule has 3 atom stereocenters. The third-order valence-corrected chi connectivity index (χ3v) is 7.30. The van der Waals surface area contributed by atoms with Gasteiger partial charge >= 0.3 is 5.97 Å². The van der Waals surface area contributed by atoms with Crippen molar-refractivity contribution < 1.29 is 19.0 Å². The average Bonchev–Trinajstić information content (AvgIpc) is 3.68. The van der Waals surface area contributed by atoms with Crippen LogP contribution in [-0.2, 0) is 11.2 Å². The van der Waals surface area contributed by atoms with Crippen molar-refractivity contribution in [1.82, 2.24) is 4.98 Å². The molecule has 2 aliphatic rings. The number of rotatable bonds is 6. The number of benzene rings is 2. The molecule has 176 valence electrons. The highest BCUT2D eigenvalue weighted by molar-refractivity contribution is 5.71. The molecular formula is C29H30FNO3. The minimum atomic E-state index is -0.744. The Balaban J connectivity index is 1.41. The van der Waals surface area contributed by atoms with Gasteiger partial charge in [-0.2, -0.15) is 0 Å². The Kier molecular flexibility index (Phi) is 6.11. The summed E-state index contributed by atoms with van der Waals surface area (Å²) in [6.07, 6.45) is 6.19. The quantitative estimate of drug-likeness (QED) is 0.437. The molecule has 1 N–H and O–H groups in total. The number of aromatic nitrogens is 1. The third-order valence-electron chi connectivity index (χ3n) is 7.30. The van der Waals surface area contributed by atoms with Crippen molar-refractivity contribution in [3.63, 3.8) is 0 Å². The second-order valence-corrected chi connectivity index (χ2v) is 9.78. The Morgan fingerprint density at radius 1 is 1.12 bits per heavy atom. The van der Waals surface area contributed by atoms with Gasteiger partial charge in [-0.25, -0.2) is 4.39 Å². The first-order valence-corrected chi connectivity index (χ1v) is 12.2. The molecule has 1 aromatic heterocycles. The molecule has 3 aromatic rings. The monoisotopic (exact) mass is 459 g/mol. The van der Waals surface area contributed by atoms with E-state index in [4.69, 9.17) is 4.74 Å². The Morgan fingerprint density at radius 3 is 2.59 bits per heavy atom. The van der Waals surface area contributed by atoms with Crippen molar-refractivity contribution in [2.75, 3.05) is 0 Å². The molecule has 2 aromatic carbocycles. The van der Waals surface area contributed by atoms with E-state index in [1.165, 1.54) is 11.8 Å². The molecule has 34 heavy (non-hydrogen) atoms. The van der Waals surface area contributed by atoms with Crippen LogP contribution >= 0.6 is 0 Å². The van der Waals surface area contributed by atoms with Gasteiger partial charge in [0.1, 0.15) is 17.7 Å². The van der Waals surface area contributed by atoms with Crippen molar-refractivity contribution >= 4 is 5.97 Å². The molecule has 5 rings (SSSR count). The number of aryl methyl sites for hydroxylation is 2. The van der Waals surface area contributed by atoms with E-state index in [9.17, 15) is 14.3 Å². The largest absolute Gasteiger partial charge is 0.485 e. The Labute approximate surface area is 199 Å². The molecule has 1 fully saturated rings. The van der Waals surface area contributed by atoms with Gasteiger partial charge in [0.15, 0.2) is 0 Å². The van der Waals surface area contributed by atoms with E-state index in [-0.39, 0.29) is 17.8 Å². The average molecular weight is 460 g/mol. The number of carboxylic acids is 1. The second-order valence-electron chi connectivity index (χ2n) is 9.78. The molecule has 1 aliphatic carbocycles. The first kappa shape index (κ1) is 22.6. The van der Waals surface area contributed by atoms with E-state index < -0.39 is 11.9 Å². The summed E-state index contributed by atoms with van der Waals surface area (Å²) in [5.74, 6) is -0.167. The fourth-order valence-electron chi connectivity index (χ4n) is 5.24. The summed E-state index contributed by atoms with van der Waals surface area (Å²) in [6.45, 7) is 3.67. The zero-order valence-electron chi connectivity index (χ0n) is 19.6. The van der Waals surface area contributed by atoms with Gasteiger partial charge in [-0.3, -0.25) is 9.78 Å². The molecule has 0 spiro atoms. The maximum Gasteiger partial charge on any atom is 0.306 e. The SMILES string of the molecule is Cc1cc(-c2ccc(C3CCCc4ccc([C@H](C5CC5)[C@H](C)C(=O)O)cc4O3)cc2)c(F)cn1. The summed E-state index contributed by atoms with van der Waals surface area (Å²) in [5, 5.41) is 9.64. The molecule has 1 aliphatic heterocycles. The number of pyridine rings is 1. The molecule has 0 bridgehead atoms. The van der Waals surface area contributed by atoms with Gasteiger partial charge in [0.2, 0.25) is 0 Å². The van der Waals surface area contributed by atoms with Gasteiger partial charge < -0.3 is 9.84 Å². The lowest BCUT2D eigenvalue weighted by Gasteiger charge is -2.23. The smallest absolute Gasteiger partial charge is 0.306 e. The van der Waals surface area contributed by atoms with Crippen LogP contribution in [0.4, 0.5) is 4.39 Å². The number of halogens is 1. The second kappa shape index (κ2) is 9.21. The zero-order valence-corrected chi connectivity index (χ0v) is 19.6. The van der Waals surface area contributed by atoms with Crippen molar-refractivity contribution in [3.8, 4) is 16.9 Å². The van der Waals surface area contributed by atoms with E-state index in [0.29, 0.717) is 11.5 Å². The van der Waals surface area contributed by atoms with Gasteiger partial charge in [0.25, 0.3) is 0 Å². The first-order valence-electron chi connectivity index (χ1n) is 12.2. The number of fused-ring (bicyclic) bond motifs is 1. The summed E-state index contributed by atoms with van der Waals surface area (Å²) >= 11 is 0. The highest BCUT2D eigenvalue weighted by atomic mass is 19.1. The maximum absolute atomic E-state index is 14.3. The normalized spacial score (nSPS) is 19.4. The lowest BCUT2D eigenvalue weighted by Crippen LogP contribution is -2.20. The Bertz CT molecular complexity index is 1200. The number of hydrogen-bond acceptors (Lipinski definition) is 3. The molecular weight excluding hydrogens is 429 g/mol. The standard InChI is InChI=1S/C29H30FNO3/c1-17-14-24(25(30)16-31-17)19-6-8-21(9-7-19)26-5-3-4-20-10-13-23(15-27(20)34-26)28(22-11-12-22)18(2)29(32)33/h6-10,13-16,18,22,26,28H,3-5,11-12H2,1-2H3,(H,32,33)/t18-,26?,28-/m0/s1. The fraction of sp³-hybridized carbons (Fsp3) is 0.379. The lowest BCUT2D eigenvalue weighted by molar-refractivity contribution is -0.142. The molecule has 1 unspecified atom stereocenters. The topological polar surface area (TPSA) is 59.4 Å². The van der Waals surface area contributed by atoms with Gasteiger partial charge in [-0.1, -0.05) is 43.3 Å². The van der Waals surface area contributed by atoms with E-state index in [1.54, 1.807) is 6.07 Å². The zero-order chi connectivity index (χ0) is 23.8. The number of aliphatic carboxylic acids is 1. The van der Waals surface area contributed by atoms with Crippen LogP contribution in [0.2, 0.25) is 0 Å². The molecule has 0 saturated heterocycles. The van der Waals surface area contributed by atoms with Crippen LogP contribution in [0.5, 0.6) is 5.75 Å². The predicted molar refractivity (Wildman–Crippen MR) is 129 cm³/mol. The van der Waals surface area contributed by atoms with E-state index >= 15 is 0 Å². The van der Waals surface area contributed by atoms with E-state index in [1.807, 2.05) is 38.1 Å². The molecule has 1 saturated carbocycles. The van der Waals surface area contributed by atoms with Crippen molar-refractivity contribution in [3.05, 3.63) is 82.9 Å². The van der Waals surface area contributed by atoms with Crippen LogP contribution in [0.1, 0.15) is 67.0 Å². The number of ether oxygens (including phenoxy) is 1. The fourth-order valence-corrected chi connectivity index (χ4v) is 5.24. The molecule has 5 heteroatoms. The summed E-state index contributed by atoms with van der Waals surface area (Å²) < 4.78 is 20.8. The highest BCUT2D eigenvalue weighted by Gasteiger charge is 2.39. The van der Waals surface area contributed by atoms with Gasteiger partial charge in [-0.15, -0.1) is 0 Å². The van der Waals surface area contributed by atoms with Crippen molar-refractivity contribution in [2.24, 2.45) is 11.8 Å². The minimum absolute atomic E-state index is 0.0195. The Morgan fingerprint density at radius 2 is 1.88 bits per heavy atom. The molecule has 0 amide bonds. The van der Waals surface area contributed by atoms with Crippen LogP contribution in [0.25, 0.3) is 11.1 Å². The number of carboxylic acid groups (broad SMARTS) is 1. The van der Waals surface area contributed by atoms with Gasteiger partial charge in [-0.05, 0) is 85.3 Å². The van der Waals surface area contributed by atoms with Crippen molar-refractivity contribution in [1.29, 1.82) is 0 Å². The predicted octanol–water partition coefficient (Wildman–Crippen LogP) is 6.87. The van der Waals surface area contributed by atoms with Crippen LogP contribution in [0, 0.1) is 24.6 Å². The lowest BCUT2D eigenvalue weighted by atomic mass is 9.82. The van der Waals surface area contributed by atoms with E-state index in [0.717, 1.165) is 60.2 Å². The molecule has 0 radical (unpaired) electrons. The number of hydrogen-bond donors (Lipinski definition) is 1. The summed E-state index contributed by atoms with van der Waals surface area (Å²) in [4.78, 5) is 15.8. The van der Waals surface area contributed by atoms with Crippen LogP contribution in [0.15, 0.2) is 54.7 Å². The minimum Gasteiger partial charge on any atom is -0.485 e. The Hall–Kier alpha value is -3.21.